The van der Waals surface area contributed by atoms with E-state index in [2.05, 4.69) is 108 Å². The van der Waals surface area contributed by atoms with Crippen molar-refractivity contribution in [2.24, 2.45) is 0 Å². The van der Waals surface area contributed by atoms with Gasteiger partial charge in [0.2, 0.25) is 22.6 Å². The number of benzene rings is 3. The summed E-state index contributed by atoms with van der Waals surface area (Å²) >= 11 is 0. The Morgan fingerprint density at radius 3 is 2.28 bits per heavy atom. The highest BCUT2D eigenvalue weighted by atomic mass is 15.0. The van der Waals surface area contributed by atoms with Crippen LogP contribution in [0, 0.1) is 20.8 Å². The zero-order valence-corrected chi connectivity index (χ0v) is 16.9. The molecular weight excluding hydrogens is 354 g/mol. The number of aryl methyl sites for hydroxylation is 2. The minimum atomic E-state index is 0.998. The summed E-state index contributed by atoms with van der Waals surface area (Å²) in [5.41, 5.74) is 8.05. The van der Waals surface area contributed by atoms with Crippen molar-refractivity contribution in [2.75, 3.05) is 0 Å². The Morgan fingerprint density at radius 2 is 1.41 bits per heavy atom. The molecule has 140 valence electrons. The number of fused-ring (bicyclic) bond motifs is 2. The fourth-order valence-electron chi connectivity index (χ4n) is 4.16. The Bertz CT molecular complexity index is 1390. The van der Waals surface area contributed by atoms with Gasteiger partial charge in [-0.3, -0.25) is 0 Å². The molecule has 3 aromatic carbocycles. The molecule has 0 aliphatic rings. The van der Waals surface area contributed by atoms with E-state index in [4.69, 9.17) is 0 Å². The quantitative estimate of drug-likeness (QED) is 0.402. The van der Waals surface area contributed by atoms with Crippen LogP contribution in [0.3, 0.4) is 0 Å². The van der Waals surface area contributed by atoms with E-state index >= 15 is 0 Å². The lowest BCUT2D eigenvalue weighted by Crippen LogP contribution is -2.39. The predicted octanol–water partition coefficient (Wildman–Crippen LogP) is 4.87. The number of para-hydroxylation sites is 2. The molecule has 0 saturated carbocycles. The number of aromatic nitrogens is 3. The highest BCUT2D eigenvalue weighted by Gasteiger charge is 2.24. The van der Waals surface area contributed by atoms with Gasteiger partial charge >= 0.3 is 0 Å². The van der Waals surface area contributed by atoms with Gasteiger partial charge in [-0.25, -0.2) is 4.98 Å². The van der Waals surface area contributed by atoms with Gasteiger partial charge in [-0.1, -0.05) is 30.3 Å². The molecule has 2 heterocycles. The summed E-state index contributed by atoms with van der Waals surface area (Å²) in [6, 6.07) is 25.6. The number of rotatable bonds is 2. The molecule has 0 unspecified atom stereocenters. The zero-order chi connectivity index (χ0) is 20.0. The summed E-state index contributed by atoms with van der Waals surface area (Å²) in [6.45, 7) is 6.48. The highest BCUT2D eigenvalue weighted by molar-refractivity contribution is 5.81. The summed E-state index contributed by atoms with van der Waals surface area (Å²) in [5, 5.41) is 2.50. The van der Waals surface area contributed by atoms with Gasteiger partial charge in [0.1, 0.15) is 5.52 Å². The van der Waals surface area contributed by atoms with Crippen molar-refractivity contribution in [1.29, 1.82) is 0 Å². The van der Waals surface area contributed by atoms with Crippen LogP contribution in [0.4, 0.5) is 0 Å². The number of hydrogen-bond acceptors (Lipinski definition) is 1. The lowest BCUT2D eigenvalue weighted by atomic mass is 10.1. The molecule has 0 radical (unpaired) electrons. The Hall–Kier alpha value is -3.59. The molecule has 29 heavy (non-hydrogen) atoms. The minimum Gasteiger partial charge on any atom is -0.243 e. The Kier molecular flexibility index (Phi) is 4.09. The van der Waals surface area contributed by atoms with E-state index in [0.29, 0.717) is 0 Å². The molecule has 0 saturated heterocycles. The first-order chi connectivity index (χ1) is 14.1. The van der Waals surface area contributed by atoms with Crippen LogP contribution in [0.5, 0.6) is 0 Å². The second-order valence-electron chi connectivity index (χ2n) is 7.56. The molecule has 0 bridgehead atoms. The first-order valence-corrected chi connectivity index (χ1v) is 9.91. The van der Waals surface area contributed by atoms with Crippen LogP contribution in [0.25, 0.3) is 33.2 Å². The third kappa shape index (κ3) is 2.87. The Balaban J connectivity index is 1.78. The summed E-state index contributed by atoms with van der Waals surface area (Å²) in [7, 11) is 0. The van der Waals surface area contributed by atoms with Gasteiger partial charge in [0.25, 0.3) is 0 Å². The van der Waals surface area contributed by atoms with E-state index in [9.17, 15) is 0 Å². The van der Waals surface area contributed by atoms with Crippen LogP contribution >= 0.6 is 0 Å². The van der Waals surface area contributed by atoms with Gasteiger partial charge in [-0.15, -0.1) is 0 Å². The fraction of sp³-hybridized carbons (Fsp3) is 0.115. The molecule has 5 rings (SSSR count). The van der Waals surface area contributed by atoms with Gasteiger partial charge in [-0.2, -0.15) is 9.13 Å². The molecule has 0 spiro atoms. The summed E-state index contributed by atoms with van der Waals surface area (Å²) < 4.78 is 4.60. The van der Waals surface area contributed by atoms with Gasteiger partial charge in [0.15, 0.2) is 11.9 Å². The van der Waals surface area contributed by atoms with Gasteiger partial charge < -0.3 is 0 Å². The van der Waals surface area contributed by atoms with Crippen molar-refractivity contribution < 1.29 is 9.13 Å². The highest BCUT2D eigenvalue weighted by Crippen LogP contribution is 2.20. The smallest absolute Gasteiger partial charge is 0.237 e. The molecule has 0 amide bonds. The van der Waals surface area contributed by atoms with Crippen LogP contribution in [-0.4, -0.2) is 4.98 Å². The van der Waals surface area contributed by atoms with Gasteiger partial charge in [0.05, 0.1) is 11.8 Å². The molecule has 0 N–H and O–H groups in total. The molecule has 0 aliphatic carbocycles. The first-order valence-electron chi connectivity index (χ1n) is 9.91. The van der Waals surface area contributed by atoms with E-state index < -0.39 is 0 Å². The van der Waals surface area contributed by atoms with Crippen LogP contribution in [0.15, 0.2) is 85.2 Å². The maximum Gasteiger partial charge on any atom is 0.237 e. The number of hydrogen-bond donors (Lipinski definition) is 0. The van der Waals surface area contributed by atoms with Crippen molar-refractivity contribution in [2.45, 2.75) is 20.8 Å². The first kappa shape index (κ1) is 17.5. The van der Waals surface area contributed by atoms with E-state index in [1.54, 1.807) is 0 Å². The van der Waals surface area contributed by atoms with Crippen molar-refractivity contribution >= 4 is 21.8 Å². The third-order valence-corrected chi connectivity index (χ3v) is 5.65. The second kappa shape index (κ2) is 6.78. The molecular formula is C26H23N3+2. The van der Waals surface area contributed by atoms with Crippen LogP contribution in [0.2, 0.25) is 0 Å². The summed E-state index contributed by atoms with van der Waals surface area (Å²) in [5.74, 6) is 0. The maximum atomic E-state index is 4.60. The molecule has 5 aromatic rings. The Morgan fingerprint density at radius 1 is 0.690 bits per heavy atom. The summed E-state index contributed by atoms with van der Waals surface area (Å²) in [4.78, 5) is 4.60. The molecule has 0 fully saturated rings. The third-order valence-electron chi connectivity index (χ3n) is 5.65. The fourth-order valence-corrected chi connectivity index (χ4v) is 4.16. The topological polar surface area (TPSA) is 20.6 Å². The SMILES string of the molecule is Cc1c(-[n+]2cc3ccccc3cc2C)cccc1-[n+]1c(C)cnc2ccccc21. The zero-order valence-electron chi connectivity index (χ0n) is 16.9. The van der Waals surface area contributed by atoms with E-state index in [1.807, 2.05) is 12.3 Å². The monoisotopic (exact) mass is 377 g/mol. The van der Waals surface area contributed by atoms with Crippen molar-refractivity contribution in [3.63, 3.8) is 0 Å². The van der Waals surface area contributed by atoms with Gasteiger partial charge in [-0.05, 0) is 30.5 Å². The predicted molar refractivity (Wildman–Crippen MR) is 117 cm³/mol. The largest absolute Gasteiger partial charge is 0.243 e. The van der Waals surface area contributed by atoms with Gasteiger partial charge in [0, 0.05) is 43.5 Å². The maximum absolute atomic E-state index is 4.60. The molecule has 3 nitrogen and oxygen atoms in total. The van der Waals surface area contributed by atoms with E-state index in [-0.39, 0.29) is 0 Å². The Labute approximate surface area is 170 Å². The van der Waals surface area contributed by atoms with Crippen LogP contribution < -0.4 is 9.13 Å². The van der Waals surface area contributed by atoms with Crippen LogP contribution in [-0.2, 0) is 0 Å². The van der Waals surface area contributed by atoms with Crippen molar-refractivity contribution in [3.05, 3.63) is 102 Å². The van der Waals surface area contributed by atoms with E-state index in [1.165, 1.54) is 33.4 Å². The van der Waals surface area contributed by atoms with Crippen LogP contribution in [0.1, 0.15) is 17.0 Å². The molecule has 2 aromatic heterocycles. The van der Waals surface area contributed by atoms with Crippen molar-refractivity contribution in [3.8, 4) is 11.4 Å². The summed E-state index contributed by atoms with van der Waals surface area (Å²) in [6.07, 6.45) is 4.18. The minimum absolute atomic E-state index is 0.998. The normalized spacial score (nSPS) is 11.3. The average Bonchev–Trinajstić information content (AvgIpc) is 2.74. The molecule has 0 atom stereocenters. The molecule has 0 aliphatic heterocycles. The average molecular weight is 377 g/mol. The lowest BCUT2D eigenvalue weighted by Gasteiger charge is -2.09. The lowest BCUT2D eigenvalue weighted by molar-refractivity contribution is -0.604. The standard InChI is InChI=1S/C26H23N3/c1-18-15-21-9-4-5-10-22(21)17-28(18)24-13-8-14-25(20(24)3)29-19(2)16-27-23-11-6-7-12-26(23)29/h4-17H,1-3H3/q+2. The number of pyridine rings is 1. The molecule has 3 heteroatoms. The second-order valence-corrected chi connectivity index (χ2v) is 7.56. The van der Waals surface area contributed by atoms with Crippen molar-refractivity contribution in [1.82, 2.24) is 4.98 Å². The van der Waals surface area contributed by atoms with E-state index in [0.717, 1.165) is 16.7 Å². The number of nitrogens with zero attached hydrogens (tertiary/aromatic N) is 3.